The minimum absolute atomic E-state index is 0.0322. The first-order valence-corrected chi connectivity index (χ1v) is 5.38. The van der Waals surface area contributed by atoms with Crippen molar-refractivity contribution in [3.8, 4) is 0 Å². The van der Waals surface area contributed by atoms with Crippen LogP contribution in [0.15, 0.2) is 24.3 Å². The number of ketones is 1. The first-order valence-electron chi connectivity index (χ1n) is 5.38. The Balaban J connectivity index is 2.41. The molecule has 0 saturated heterocycles. The van der Waals surface area contributed by atoms with Gasteiger partial charge >= 0.3 is 0 Å². The highest BCUT2D eigenvalue weighted by atomic mass is 16.6. The monoisotopic (exact) mass is 219 g/mol. The minimum Gasteiger partial charge on any atom is -0.299 e. The third kappa shape index (κ3) is 1.71. The third-order valence-corrected chi connectivity index (χ3v) is 3.23. The van der Waals surface area contributed by atoms with Crippen LogP contribution in [0.2, 0.25) is 0 Å². The maximum absolute atomic E-state index is 11.9. The lowest BCUT2D eigenvalue weighted by Crippen LogP contribution is -2.11. The molecule has 1 saturated carbocycles. The number of hydrogen-bond donors (Lipinski definition) is 0. The van der Waals surface area contributed by atoms with Crippen LogP contribution in [0.4, 0.5) is 5.69 Å². The Hall–Kier alpha value is -1.71. The molecule has 2 rings (SSSR count). The van der Waals surface area contributed by atoms with Crippen molar-refractivity contribution in [3.63, 3.8) is 0 Å². The van der Waals surface area contributed by atoms with Gasteiger partial charge in [0.1, 0.15) is 5.78 Å². The van der Waals surface area contributed by atoms with E-state index in [0.717, 1.165) is 12.8 Å². The summed E-state index contributed by atoms with van der Waals surface area (Å²) < 4.78 is 0. The van der Waals surface area contributed by atoms with Crippen LogP contribution in [0.5, 0.6) is 0 Å². The summed E-state index contributed by atoms with van der Waals surface area (Å²) >= 11 is 0. The number of hydrogen-bond acceptors (Lipinski definition) is 3. The molecule has 0 spiro atoms. The molecule has 1 aromatic carbocycles. The van der Waals surface area contributed by atoms with Crippen LogP contribution in [-0.2, 0) is 4.79 Å². The Labute approximate surface area is 93.4 Å². The molecule has 0 aliphatic heterocycles. The van der Waals surface area contributed by atoms with Gasteiger partial charge in [0.15, 0.2) is 0 Å². The van der Waals surface area contributed by atoms with Gasteiger partial charge in [0.2, 0.25) is 0 Å². The Bertz CT molecular complexity index is 442. The van der Waals surface area contributed by atoms with Crippen molar-refractivity contribution in [1.82, 2.24) is 0 Å². The minimum atomic E-state index is -0.411. The zero-order valence-electron chi connectivity index (χ0n) is 9.05. The summed E-state index contributed by atoms with van der Waals surface area (Å²) in [5.41, 5.74) is 0.636. The standard InChI is InChI=1S/C12H13NO3/c1-8-6-7-10(12(8)14)9-4-2-3-5-11(9)13(15)16/h2-5,8,10H,6-7H2,1H3. The van der Waals surface area contributed by atoms with Crippen molar-refractivity contribution in [1.29, 1.82) is 0 Å². The number of benzene rings is 1. The van der Waals surface area contributed by atoms with Crippen LogP contribution < -0.4 is 0 Å². The molecule has 1 aromatic rings. The van der Waals surface area contributed by atoms with Crippen LogP contribution in [0.25, 0.3) is 0 Å². The molecule has 16 heavy (non-hydrogen) atoms. The molecule has 4 nitrogen and oxygen atoms in total. The predicted molar refractivity (Wildman–Crippen MR) is 59.2 cm³/mol. The van der Waals surface area contributed by atoms with Gasteiger partial charge in [-0.05, 0) is 12.8 Å². The topological polar surface area (TPSA) is 60.2 Å². The molecule has 0 amide bonds. The summed E-state index contributed by atoms with van der Waals surface area (Å²) in [7, 11) is 0. The highest BCUT2D eigenvalue weighted by molar-refractivity contribution is 5.90. The summed E-state index contributed by atoms with van der Waals surface area (Å²) in [4.78, 5) is 22.3. The van der Waals surface area contributed by atoms with E-state index in [2.05, 4.69) is 0 Å². The summed E-state index contributed by atoms with van der Waals surface area (Å²) in [6.45, 7) is 1.89. The zero-order valence-corrected chi connectivity index (χ0v) is 9.05. The van der Waals surface area contributed by atoms with Gasteiger partial charge in [0.05, 0.1) is 4.92 Å². The molecule has 1 fully saturated rings. The molecule has 2 unspecified atom stereocenters. The van der Waals surface area contributed by atoms with Crippen molar-refractivity contribution in [2.24, 2.45) is 5.92 Å². The fourth-order valence-electron chi connectivity index (χ4n) is 2.30. The molecular formula is C12H13NO3. The second-order valence-electron chi connectivity index (χ2n) is 4.25. The largest absolute Gasteiger partial charge is 0.299 e. The molecule has 0 aromatic heterocycles. The van der Waals surface area contributed by atoms with Crippen LogP contribution >= 0.6 is 0 Å². The maximum atomic E-state index is 11.9. The first kappa shape index (κ1) is 10.8. The lowest BCUT2D eigenvalue weighted by Gasteiger charge is -2.09. The van der Waals surface area contributed by atoms with E-state index in [-0.39, 0.29) is 23.3 Å². The van der Waals surface area contributed by atoms with Crippen molar-refractivity contribution in [2.45, 2.75) is 25.7 Å². The smallest absolute Gasteiger partial charge is 0.273 e. The molecule has 1 aliphatic rings. The van der Waals surface area contributed by atoms with Crippen molar-refractivity contribution >= 4 is 11.5 Å². The molecule has 0 bridgehead atoms. The SMILES string of the molecule is CC1CCC(c2ccccc2[N+](=O)[O-])C1=O. The highest BCUT2D eigenvalue weighted by Crippen LogP contribution is 2.38. The quantitative estimate of drug-likeness (QED) is 0.567. The van der Waals surface area contributed by atoms with Gasteiger partial charge in [-0.1, -0.05) is 25.1 Å². The molecule has 0 radical (unpaired) electrons. The number of nitrogens with zero attached hydrogens (tertiary/aromatic N) is 1. The molecule has 0 heterocycles. The first-order chi connectivity index (χ1) is 7.61. The van der Waals surface area contributed by atoms with Gasteiger partial charge in [-0.25, -0.2) is 0 Å². The van der Waals surface area contributed by atoms with Gasteiger partial charge in [-0.3, -0.25) is 14.9 Å². The number of Topliss-reactive ketones (excluding diaryl/α,β-unsaturated/α-hetero) is 1. The zero-order chi connectivity index (χ0) is 11.7. The van der Waals surface area contributed by atoms with E-state index in [1.54, 1.807) is 18.2 Å². The Morgan fingerprint density at radius 2 is 2.00 bits per heavy atom. The maximum Gasteiger partial charge on any atom is 0.273 e. The third-order valence-electron chi connectivity index (χ3n) is 3.23. The number of carbonyl (C=O) groups excluding carboxylic acids is 1. The van der Waals surface area contributed by atoms with Gasteiger partial charge in [0, 0.05) is 23.5 Å². The molecule has 2 atom stereocenters. The molecule has 4 heteroatoms. The fraction of sp³-hybridized carbons (Fsp3) is 0.417. The van der Waals surface area contributed by atoms with Crippen LogP contribution in [0.3, 0.4) is 0 Å². The Kier molecular flexibility index (Phi) is 2.73. The normalized spacial score (nSPS) is 24.7. The predicted octanol–water partition coefficient (Wildman–Crippen LogP) is 2.68. The van der Waals surface area contributed by atoms with E-state index in [0.29, 0.717) is 5.56 Å². The summed E-state index contributed by atoms with van der Waals surface area (Å²) in [6, 6.07) is 6.54. The number of para-hydroxylation sites is 1. The summed E-state index contributed by atoms with van der Waals surface area (Å²) in [6.07, 6.45) is 1.56. The second kappa shape index (κ2) is 4.04. The van der Waals surface area contributed by atoms with Gasteiger partial charge in [0.25, 0.3) is 5.69 Å². The Morgan fingerprint density at radius 1 is 1.31 bits per heavy atom. The average Bonchev–Trinajstić information content (AvgIpc) is 2.60. The van der Waals surface area contributed by atoms with E-state index in [4.69, 9.17) is 0 Å². The van der Waals surface area contributed by atoms with Crippen molar-refractivity contribution < 1.29 is 9.72 Å². The summed E-state index contributed by atoms with van der Waals surface area (Å²) in [5.74, 6) is -0.115. The second-order valence-corrected chi connectivity index (χ2v) is 4.25. The van der Waals surface area contributed by atoms with E-state index >= 15 is 0 Å². The van der Waals surface area contributed by atoms with Crippen LogP contribution in [0.1, 0.15) is 31.2 Å². The van der Waals surface area contributed by atoms with Crippen molar-refractivity contribution in [3.05, 3.63) is 39.9 Å². The van der Waals surface area contributed by atoms with Gasteiger partial charge < -0.3 is 0 Å². The number of nitro benzene ring substituents is 1. The molecule has 1 aliphatic carbocycles. The molecular weight excluding hydrogens is 206 g/mol. The fourth-order valence-corrected chi connectivity index (χ4v) is 2.30. The Morgan fingerprint density at radius 3 is 2.56 bits per heavy atom. The van der Waals surface area contributed by atoms with Gasteiger partial charge in [-0.2, -0.15) is 0 Å². The van der Waals surface area contributed by atoms with Crippen LogP contribution in [0, 0.1) is 16.0 Å². The number of nitro groups is 1. The lowest BCUT2D eigenvalue weighted by molar-refractivity contribution is -0.385. The van der Waals surface area contributed by atoms with E-state index in [1.165, 1.54) is 6.07 Å². The van der Waals surface area contributed by atoms with E-state index in [1.807, 2.05) is 6.92 Å². The van der Waals surface area contributed by atoms with E-state index in [9.17, 15) is 14.9 Å². The van der Waals surface area contributed by atoms with Crippen LogP contribution in [-0.4, -0.2) is 10.7 Å². The highest BCUT2D eigenvalue weighted by Gasteiger charge is 2.35. The van der Waals surface area contributed by atoms with Crippen molar-refractivity contribution in [2.75, 3.05) is 0 Å². The number of carbonyl (C=O) groups is 1. The average molecular weight is 219 g/mol. The molecule has 84 valence electrons. The van der Waals surface area contributed by atoms with E-state index < -0.39 is 4.92 Å². The van der Waals surface area contributed by atoms with Gasteiger partial charge in [-0.15, -0.1) is 0 Å². The molecule has 0 N–H and O–H groups in total. The number of rotatable bonds is 2. The lowest BCUT2D eigenvalue weighted by atomic mass is 9.94. The summed E-state index contributed by atoms with van der Waals surface area (Å²) in [5, 5.41) is 10.9.